The molecule has 0 radical (unpaired) electrons. The molecule has 30 heavy (non-hydrogen) atoms. The number of nitrogens with zero attached hydrogens (tertiary/aromatic N) is 1. The van der Waals surface area contributed by atoms with E-state index in [1.54, 1.807) is 18.2 Å². The van der Waals surface area contributed by atoms with Gasteiger partial charge in [-0.1, -0.05) is 41.5 Å². The van der Waals surface area contributed by atoms with Crippen molar-refractivity contribution in [2.45, 2.75) is 59.8 Å². The molecule has 1 fully saturated rings. The van der Waals surface area contributed by atoms with Gasteiger partial charge in [0.1, 0.15) is 11.6 Å². The highest BCUT2D eigenvalue weighted by atomic mass is 19.1. The van der Waals surface area contributed by atoms with Crippen LogP contribution in [0.2, 0.25) is 0 Å². The number of ether oxygens (including phenoxy) is 1. The Morgan fingerprint density at radius 2 is 1.97 bits per heavy atom. The van der Waals surface area contributed by atoms with Crippen molar-refractivity contribution >= 4 is 5.97 Å². The van der Waals surface area contributed by atoms with Crippen molar-refractivity contribution in [1.29, 1.82) is 0 Å². The van der Waals surface area contributed by atoms with Gasteiger partial charge in [0, 0.05) is 17.0 Å². The fourth-order valence-corrected chi connectivity index (χ4v) is 4.43. The number of hydrogen-bond acceptors (Lipinski definition) is 3. The molecule has 1 saturated carbocycles. The molecule has 2 aromatic rings. The first-order valence-corrected chi connectivity index (χ1v) is 10.6. The van der Waals surface area contributed by atoms with E-state index in [0.717, 1.165) is 12.8 Å². The van der Waals surface area contributed by atoms with Gasteiger partial charge in [-0.05, 0) is 54.4 Å². The Morgan fingerprint density at radius 3 is 2.53 bits per heavy atom. The summed E-state index contributed by atoms with van der Waals surface area (Å²) in [6.07, 6.45) is 1.88. The molecule has 2 atom stereocenters. The molecule has 1 aromatic heterocycles. The van der Waals surface area contributed by atoms with E-state index < -0.39 is 11.8 Å². The molecule has 4 nitrogen and oxygen atoms in total. The van der Waals surface area contributed by atoms with Gasteiger partial charge in [-0.3, -0.25) is 4.98 Å². The average molecular weight is 414 g/mol. The van der Waals surface area contributed by atoms with E-state index in [4.69, 9.17) is 9.72 Å². The first-order chi connectivity index (χ1) is 14.0. The summed E-state index contributed by atoms with van der Waals surface area (Å²) < 4.78 is 20.0. The number of carboxylic acids is 1. The van der Waals surface area contributed by atoms with Crippen LogP contribution in [0.3, 0.4) is 0 Å². The van der Waals surface area contributed by atoms with E-state index in [1.807, 2.05) is 13.8 Å². The van der Waals surface area contributed by atoms with Crippen LogP contribution in [0, 0.1) is 23.1 Å². The van der Waals surface area contributed by atoms with E-state index in [0.29, 0.717) is 41.1 Å². The number of rotatable bonds is 6. The highest BCUT2D eigenvalue weighted by molar-refractivity contribution is 5.90. The zero-order valence-electron chi connectivity index (χ0n) is 18.8. The van der Waals surface area contributed by atoms with Crippen molar-refractivity contribution in [3.8, 4) is 17.0 Å². The zero-order valence-corrected chi connectivity index (χ0v) is 18.8. The maximum Gasteiger partial charge on any atom is 0.337 e. The van der Waals surface area contributed by atoms with Crippen LogP contribution < -0.4 is 4.74 Å². The van der Waals surface area contributed by atoms with Gasteiger partial charge in [0.25, 0.3) is 0 Å². The normalized spacial score (nSPS) is 23.0. The topological polar surface area (TPSA) is 59.4 Å². The van der Waals surface area contributed by atoms with Crippen LogP contribution in [-0.2, 0) is 5.41 Å². The van der Waals surface area contributed by atoms with Crippen LogP contribution in [0.5, 0.6) is 5.75 Å². The number of aromatic carboxylic acids is 1. The molecule has 0 saturated heterocycles. The summed E-state index contributed by atoms with van der Waals surface area (Å²) in [6, 6.07) is 7.80. The maximum atomic E-state index is 14.3. The fraction of sp³-hybridized carbons (Fsp3) is 0.520. The van der Waals surface area contributed by atoms with Crippen molar-refractivity contribution in [1.82, 2.24) is 4.98 Å². The molecule has 3 rings (SSSR count). The molecule has 0 spiro atoms. The minimum atomic E-state index is -0.985. The Kier molecular flexibility index (Phi) is 5.94. The zero-order chi connectivity index (χ0) is 22.3. The van der Waals surface area contributed by atoms with Crippen molar-refractivity contribution < 1.29 is 19.0 Å². The molecule has 2 unspecified atom stereocenters. The number of carbonyl (C=O) groups is 1. The minimum absolute atomic E-state index is 0.115. The Labute approximate surface area is 178 Å². The van der Waals surface area contributed by atoms with Crippen molar-refractivity contribution in [2.75, 3.05) is 6.61 Å². The molecule has 0 aliphatic heterocycles. The Balaban J connectivity index is 2.11. The molecule has 5 heteroatoms. The van der Waals surface area contributed by atoms with Gasteiger partial charge in [0.05, 0.1) is 23.6 Å². The third-order valence-corrected chi connectivity index (χ3v) is 7.13. The first-order valence-electron chi connectivity index (χ1n) is 10.6. The Morgan fingerprint density at radius 1 is 1.27 bits per heavy atom. The van der Waals surface area contributed by atoms with Crippen LogP contribution in [-0.4, -0.2) is 22.7 Å². The summed E-state index contributed by atoms with van der Waals surface area (Å²) in [5, 5.41) is 9.83. The lowest BCUT2D eigenvalue weighted by Gasteiger charge is -2.41. The molecular formula is C25H32FNO3. The SMILES string of the molecule is CC(C)COc1cc(F)cc(-c2ccc(C(=O)O)c(C3(C)CCC(C)C3(C)C)n2)c1. The van der Waals surface area contributed by atoms with Gasteiger partial charge in [-0.2, -0.15) is 0 Å². The Hall–Kier alpha value is -2.43. The van der Waals surface area contributed by atoms with Gasteiger partial charge >= 0.3 is 5.97 Å². The average Bonchev–Trinajstić information content (AvgIpc) is 2.89. The number of pyridine rings is 1. The summed E-state index contributed by atoms with van der Waals surface area (Å²) in [6.45, 7) is 13.2. The molecule has 0 amide bonds. The lowest BCUT2D eigenvalue weighted by atomic mass is 9.63. The largest absolute Gasteiger partial charge is 0.493 e. The monoisotopic (exact) mass is 413 g/mol. The number of carboxylic acid groups (broad SMARTS) is 1. The van der Waals surface area contributed by atoms with Crippen molar-refractivity contribution in [3.63, 3.8) is 0 Å². The summed E-state index contributed by atoms with van der Waals surface area (Å²) >= 11 is 0. The smallest absolute Gasteiger partial charge is 0.337 e. The van der Waals surface area contributed by atoms with Crippen LogP contribution in [0.4, 0.5) is 4.39 Å². The molecule has 1 N–H and O–H groups in total. The third kappa shape index (κ3) is 3.94. The van der Waals surface area contributed by atoms with Crippen LogP contribution in [0.15, 0.2) is 30.3 Å². The second kappa shape index (κ2) is 8.01. The quantitative estimate of drug-likeness (QED) is 0.601. The predicted molar refractivity (Wildman–Crippen MR) is 116 cm³/mol. The van der Waals surface area contributed by atoms with Gasteiger partial charge in [-0.15, -0.1) is 0 Å². The van der Waals surface area contributed by atoms with E-state index in [2.05, 4.69) is 27.7 Å². The second-order valence-corrected chi connectivity index (χ2v) is 9.77. The van der Waals surface area contributed by atoms with Crippen molar-refractivity contribution in [3.05, 3.63) is 47.4 Å². The minimum Gasteiger partial charge on any atom is -0.493 e. The summed E-state index contributed by atoms with van der Waals surface area (Å²) in [7, 11) is 0. The molecule has 0 bridgehead atoms. The number of benzene rings is 1. The predicted octanol–water partition coefficient (Wildman–Crippen LogP) is 6.33. The van der Waals surface area contributed by atoms with Gasteiger partial charge in [0.15, 0.2) is 0 Å². The number of hydrogen-bond donors (Lipinski definition) is 1. The lowest BCUT2D eigenvalue weighted by Crippen LogP contribution is -2.39. The summed E-state index contributed by atoms with van der Waals surface area (Å²) in [5.41, 5.74) is 1.43. The number of halogens is 1. The highest BCUT2D eigenvalue weighted by Gasteiger charge is 2.52. The van der Waals surface area contributed by atoms with Crippen molar-refractivity contribution in [2.24, 2.45) is 17.3 Å². The number of aromatic nitrogens is 1. The van der Waals surface area contributed by atoms with Crippen LogP contribution >= 0.6 is 0 Å². The highest BCUT2D eigenvalue weighted by Crippen LogP contribution is 2.57. The molecule has 1 aliphatic rings. The molecule has 1 heterocycles. The van der Waals surface area contributed by atoms with Crippen LogP contribution in [0.25, 0.3) is 11.3 Å². The Bertz CT molecular complexity index is 953. The summed E-state index contributed by atoms with van der Waals surface area (Å²) in [4.78, 5) is 16.8. The van der Waals surface area contributed by atoms with E-state index in [9.17, 15) is 14.3 Å². The van der Waals surface area contributed by atoms with E-state index >= 15 is 0 Å². The summed E-state index contributed by atoms with van der Waals surface area (Å²) in [5.74, 6) is -0.174. The van der Waals surface area contributed by atoms with E-state index in [-0.39, 0.29) is 16.4 Å². The molecule has 162 valence electrons. The van der Waals surface area contributed by atoms with Crippen LogP contribution in [0.1, 0.15) is 70.4 Å². The first kappa shape index (κ1) is 22.3. The molecule has 1 aromatic carbocycles. The van der Waals surface area contributed by atoms with Gasteiger partial charge in [-0.25, -0.2) is 9.18 Å². The third-order valence-electron chi connectivity index (χ3n) is 7.13. The maximum absolute atomic E-state index is 14.3. The van der Waals surface area contributed by atoms with Gasteiger partial charge in [0.2, 0.25) is 0 Å². The second-order valence-electron chi connectivity index (χ2n) is 9.77. The molecular weight excluding hydrogens is 381 g/mol. The van der Waals surface area contributed by atoms with E-state index in [1.165, 1.54) is 12.1 Å². The standard InChI is InChI=1S/C25H32FNO3/c1-15(2)14-30-19-12-17(11-18(26)13-19)21-8-7-20(23(28)29)22(27-21)25(6)10-9-16(3)24(25,4)5/h7-8,11-13,15-16H,9-10,14H2,1-6H3,(H,28,29). The fourth-order valence-electron chi connectivity index (χ4n) is 4.43. The lowest BCUT2D eigenvalue weighted by molar-refractivity contribution is 0.0688. The van der Waals surface area contributed by atoms with Gasteiger partial charge < -0.3 is 9.84 Å². The molecule has 1 aliphatic carbocycles.